The lowest BCUT2D eigenvalue weighted by atomic mass is 9.97. The van der Waals surface area contributed by atoms with Gasteiger partial charge in [0.15, 0.2) is 0 Å². The number of nitrogens with two attached hydrogens (primary N) is 1. The fourth-order valence-corrected chi connectivity index (χ4v) is 2.43. The molecule has 0 bridgehead atoms. The smallest absolute Gasteiger partial charge is 0.142 e. The van der Waals surface area contributed by atoms with Crippen molar-refractivity contribution in [2.24, 2.45) is 5.73 Å². The normalized spacial score (nSPS) is 10.7. The van der Waals surface area contributed by atoms with Gasteiger partial charge in [-0.3, -0.25) is 0 Å². The van der Waals surface area contributed by atoms with E-state index in [2.05, 4.69) is 42.9 Å². The molecule has 0 radical (unpaired) electrons. The Balaban J connectivity index is 2.65. The average Bonchev–Trinajstić information content (AvgIpc) is 2.26. The molecule has 0 saturated heterocycles. The number of benzene rings is 1. The summed E-state index contributed by atoms with van der Waals surface area (Å²) >= 11 is 0. The Morgan fingerprint density at radius 2 is 1.56 bits per heavy atom. The number of aromatic nitrogens is 2. The van der Waals surface area contributed by atoms with Crippen molar-refractivity contribution >= 4 is 0 Å². The van der Waals surface area contributed by atoms with Crippen LogP contribution >= 0.6 is 0 Å². The largest absolute Gasteiger partial charge is 0.324 e. The maximum absolute atomic E-state index is 5.64. The first-order valence-electron chi connectivity index (χ1n) is 6.14. The van der Waals surface area contributed by atoms with E-state index in [4.69, 9.17) is 5.73 Å². The van der Waals surface area contributed by atoms with E-state index < -0.39 is 0 Å². The van der Waals surface area contributed by atoms with E-state index in [0.29, 0.717) is 12.4 Å². The van der Waals surface area contributed by atoms with Crippen LogP contribution in [0.25, 0.3) is 11.3 Å². The monoisotopic (exact) mass is 241 g/mol. The molecule has 0 aliphatic heterocycles. The maximum Gasteiger partial charge on any atom is 0.142 e. The van der Waals surface area contributed by atoms with Crippen LogP contribution in [0.1, 0.15) is 28.2 Å². The van der Waals surface area contributed by atoms with Crippen molar-refractivity contribution in [3.8, 4) is 11.3 Å². The highest BCUT2D eigenvalue weighted by atomic mass is 14.9. The Kier molecular flexibility index (Phi) is 3.43. The minimum absolute atomic E-state index is 0.374. The van der Waals surface area contributed by atoms with Crippen molar-refractivity contribution in [1.82, 2.24) is 9.97 Å². The first kappa shape index (κ1) is 12.7. The molecule has 3 nitrogen and oxygen atoms in total. The zero-order valence-electron chi connectivity index (χ0n) is 11.4. The van der Waals surface area contributed by atoms with Crippen LogP contribution < -0.4 is 5.73 Å². The van der Waals surface area contributed by atoms with Gasteiger partial charge in [0.2, 0.25) is 0 Å². The second-order valence-corrected chi connectivity index (χ2v) is 4.79. The highest BCUT2D eigenvalue weighted by Crippen LogP contribution is 2.27. The summed E-state index contributed by atoms with van der Waals surface area (Å²) in [6.45, 7) is 8.70. The van der Waals surface area contributed by atoms with Crippen molar-refractivity contribution in [2.75, 3.05) is 0 Å². The summed E-state index contributed by atoms with van der Waals surface area (Å²) in [6, 6.07) is 6.38. The van der Waals surface area contributed by atoms with E-state index in [1.165, 1.54) is 22.3 Å². The predicted molar refractivity (Wildman–Crippen MR) is 74.3 cm³/mol. The van der Waals surface area contributed by atoms with Gasteiger partial charge in [0.05, 0.1) is 12.2 Å². The summed E-state index contributed by atoms with van der Waals surface area (Å²) in [5.74, 6) is 0.698. The molecular formula is C15H19N3. The van der Waals surface area contributed by atoms with Crippen LogP contribution in [0.3, 0.4) is 0 Å². The van der Waals surface area contributed by atoms with Crippen molar-refractivity contribution in [3.05, 3.63) is 46.4 Å². The van der Waals surface area contributed by atoms with Gasteiger partial charge >= 0.3 is 0 Å². The lowest BCUT2D eigenvalue weighted by molar-refractivity contribution is 0.893. The van der Waals surface area contributed by atoms with Gasteiger partial charge in [-0.25, -0.2) is 9.97 Å². The summed E-state index contributed by atoms with van der Waals surface area (Å²) < 4.78 is 0. The molecule has 1 aromatic heterocycles. The zero-order valence-corrected chi connectivity index (χ0v) is 11.4. The molecule has 1 heterocycles. The van der Waals surface area contributed by atoms with Crippen molar-refractivity contribution in [3.63, 3.8) is 0 Å². The zero-order chi connectivity index (χ0) is 13.3. The van der Waals surface area contributed by atoms with Crippen LogP contribution in [0.5, 0.6) is 0 Å². The predicted octanol–water partition coefficient (Wildman–Crippen LogP) is 2.84. The topological polar surface area (TPSA) is 51.8 Å². The second kappa shape index (κ2) is 4.86. The van der Waals surface area contributed by atoms with Gasteiger partial charge in [-0.1, -0.05) is 17.7 Å². The van der Waals surface area contributed by atoms with E-state index in [9.17, 15) is 0 Å². The molecule has 0 aliphatic rings. The minimum Gasteiger partial charge on any atom is -0.324 e. The van der Waals surface area contributed by atoms with Crippen LogP contribution in [0, 0.1) is 27.7 Å². The van der Waals surface area contributed by atoms with Gasteiger partial charge in [-0.2, -0.15) is 0 Å². The van der Waals surface area contributed by atoms with E-state index in [1.54, 1.807) is 0 Å². The third kappa shape index (κ3) is 2.41. The lowest BCUT2D eigenvalue weighted by Crippen LogP contribution is -2.06. The van der Waals surface area contributed by atoms with Gasteiger partial charge in [-0.15, -0.1) is 0 Å². The summed E-state index contributed by atoms with van der Waals surface area (Å²) in [7, 11) is 0. The van der Waals surface area contributed by atoms with Gasteiger partial charge < -0.3 is 5.73 Å². The van der Waals surface area contributed by atoms with Gasteiger partial charge in [-0.05, 0) is 44.9 Å². The highest BCUT2D eigenvalue weighted by Gasteiger charge is 2.10. The quantitative estimate of drug-likeness (QED) is 0.879. The van der Waals surface area contributed by atoms with Crippen LogP contribution in [-0.2, 0) is 6.54 Å². The van der Waals surface area contributed by atoms with Gasteiger partial charge in [0.25, 0.3) is 0 Å². The van der Waals surface area contributed by atoms with Gasteiger partial charge in [0, 0.05) is 11.3 Å². The Morgan fingerprint density at radius 1 is 0.944 bits per heavy atom. The van der Waals surface area contributed by atoms with Crippen molar-refractivity contribution in [2.45, 2.75) is 34.2 Å². The molecule has 94 valence electrons. The molecule has 2 N–H and O–H groups in total. The highest BCUT2D eigenvalue weighted by molar-refractivity contribution is 5.68. The summed E-state index contributed by atoms with van der Waals surface area (Å²) in [6.07, 6.45) is 0. The third-order valence-corrected chi connectivity index (χ3v) is 3.02. The van der Waals surface area contributed by atoms with E-state index >= 15 is 0 Å². The number of hydrogen-bond donors (Lipinski definition) is 1. The first-order valence-corrected chi connectivity index (χ1v) is 6.14. The van der Waals surface area contributed by atoms with E-state index in [0.717, 1.165) is 11.4 Å². The fraction of sp³-hybridized carbons (Fsp3) is 0.333. The van der Waals surface area contributed by atoms with Crippen LogP contribution in [-0.4, -0.2) is 9.97 Å². The second-order valence-electron chi connectivity index (χ2n) is 4.79. The molecule has 1 aromatic carbocycles. The SMILES string of the molecule is Cc1cc(C)c(-c2cc(C)nc(CN)n2)c(C)c1. The average molecular weight is 241 g/mol. The van der Waals surface area contributed by atoms with Crippen molar-refractivity contribution < 1.29 is 0 Å². The Morgan fingerprint density at radius 3 is 2.11 bits per heavy atom. The minimum atomic E-state index is 0.374. The van der Waals surface area contributed by atoms with E-state index in [1.807, 2.05) is 13.0 Å². The van der Waals surface area contributed by atoms with Gasteiger partial charge in [0.1, 0.15) is 5.82 Å². The molecule has 3 heteroatoms. The summed E-state index contributed by atoms with van der Waals surface area (Å²) in [4.78, 5) is 8.86. The Bertz CT molecular complexity index is 565. The van der Waals surface area contributed by atoms with Crippen LogP contribution in [0.15, 0.2) is 18.2 Å². The maximum atomic E-state index is 5.64. The molecule has 2 rings (SSSR count). The standard InChI is InChI=1S/C15H19N3/c1-9-5-10(2)15(11(3)6-9)13-7-12(4)17-14(8-16)18-13/h5-7H,8,16H2,1-4H3. The molecule has 2 aromatic rings. The summed E-state index contributed by atoms with van der Waals surface area (Å²) in [5.41, 5.74) is 12.5. The molecule has 0 fully saturated rings. The Labute approximate surface area is 108 Å². The van der Waals surface area contributed by atoms with Crippen molar-refractivity contribution in [1.29, 1.82) is 0 Å². The molecule has 0 atom stereocenters. The lowest BCUT2D eigenvalue weighted by Gasteiger charge is -2.12. The van der Waals surface area contributed by atoms with E-state index in [-0.39, 0.29) is 0 Å². The molecule has 18 heavy (non-hydrogen) atoms. The van der Waals surface area contributed by atoms with Crippen LogP contribution in [0.2, 0.25) is 0 Å². The van der Waals surface area contributed by atoms with Crippen LogP contribution in [0.4, 0.5) is 0 Å². The number of rotatable bonds is 2. The number of nitrogens with zero attached hydrogens (tertiary/aromatic N) is 2. The number of hydrogen-bond acceptors (Lipinski definition) is 3. The third-order valence-electron chi connectivity index (χ3n) is 3.02. The molecule has 0 aliphatic carbocycles. The summed E-state index contributed by atoms with van der Waals surface area (Å²) in [5, 5.41) is 0. The molecular weight excluding hydrogens is 222 g/mol. The molecule has 0 amide bonds. The Hall–Kier alpha value is -1.74. The molecule has 0 spiro atoms. The molecule has 0 unspecified atom stereocenters. The first-order chi connectivity index (χ1) is 8.51. The fourth-order valence-electron chi connectivity index (χ4n) is 2.43. The molecule has 0 saturated carbocycles. The number of aryl methyl sites for hydroxylation is 4.